The van der Waals surface area contributed by atoms with E-state index in [2.05, 4.69) is 47.6 Å². The Bertz CT molecular complexity index is 425. The fourth-order valence-corrected chi connectivity index (χ4v) is 1.60. The van der Waals surface area contributed by atoms with E-state index in [0.717, 1.165) is 48.6 Å². The highest BCUT2D eigenvalue weighted by Crippen LogP contribution is 1.97. The highest BCUT2D eigenvalue weighted by molar-refractivity contribution is 5.02. The predicted molar refractivity (Wildman–Crippen MR) is 81.6 cm³/mol. The van der Waals surface area contributed by atoms with Crippen molar-refractivity contribution in [1.29, 1.82) is 0 Å². The summed E-state index contributed by atoms with van der Waals surface area (Å²) in [7, 11) is 0. The van der Waals surface area contributed by atoms with E-state index in [1.807, 2.05) is 24.7 Å². The van der Waals surface area contributed by atoms with E-state index >= 15 is 0 Å². The third-order valence-corrected chi connectivity index (χ3v) is 2.90. The second-order valence-corrected chi connectivity index (χ2v) is 4.38. The summed E-state index contributed by atoms with van der Waals surface area (Å²) in [5, 5.41) is 0. The Morgan fingerprint density at radius 1 is 0.750 bits per heavy atom. The lowest BCUT2D eigenvalue weighted by atomic mass is 10.3. The third kappa shape index (κ3) is 5.43. The summed E-state index contributed by atoms with van der Waals surface area (Å²) in [5.41, 5.74) is 3.30. The van der Waals surface area contributed by atoms with Crippen molar-refractivity contribution in [2.24, 2.45) is 0 Å². The van der Waals surface area contributed by atoms with Gasteiger partial charge in [0.2, 0.25) is 0 Å². The van der Waals surface area contributed by atoms with E-state index in [0.29, 0.717) is 0 Å². The number of aromatic nitrogens is 4. The van der Waals surface area contributed by atoms with Gasteiger partial charge in [0, 0.05) is 30.7 Å². The van der Waals surface area contributed by atoms with Gasteiger partial charge in [0.05, 0.1) is 11.4 Å². The Morgan fingerprint density at radius 3 is 1.85 bits per heavy atom. The maximum atomic E-state index is 4.35. The van der Waals surface area contributed by atoms with Crippen LogP contribution in [0.1, 0.15) is 50.6 Å². The number of aryl methyl sites for hydroxylation is 4. The predicted octanol–water partition coefficient (Wildman–Crippen LogP) is 3.20. The van der Waals surface area contributed by atoms with E-state index in [1.54, 1.807) is 0 Å². The fourth-order valence-electron chi connectivity index (χ4n) is 1.60. The van der Waals surface area contributed by atoms with E-state index < -0.39 is 0 Å². The van der Waals surface area contributed by atoms with E-state index in [4.69, 9.17) is 0 Å². The Hall–Kier alpha value is -1.84. The first kappa shape index (κ1) is 16.2. The van der Waals surface area contributed by atoms with Crippen LogP contribution in [0.2, 0.25) is 0 Å². The molecule has 0 saturated heterocycles. The molecule has 0 aliphatic rings. The molecule has 0 radical (unpaired) electrons. The normalized spacial score (nSPS) is 9.80. The molecule has 0 fully saturated rings. The van der Waals surface area contributed by atoms with Crippen LogP contribution in [0.25, 0.3) is 0 Å². The van der Waals surface area contributed by atoms with Crippen LogP contribution in [0.5, 0.6) is 0 Å². The molecule has 2 heterocycles. The third-order valence-electron chi connectivity index (χ3n) is 2.90. The summed E-state index contributed by atoms with van der Waals surface area (Å²) in [6.45, 7) is 8.34. The molecule has 2 rings (SSSR count). The zero-order chi connectivity index (χ0) is 14.8. The van der Waals surface area contributed by atoms with Gasteiger partial charge in [-0.1, -0.05) is 27.7 Å². The van der Waals surface area contributed by atoms with Crippen LogP contribution < -0.4 is 0 Å². The lowest BCUT2D eigenvalue weighted by Gasteiger charge is -1.96. The molecule has 0 aromatic carbocycles. The van der Waals surface area contributed by atoms with Crippen LogP contribution >= 0.6 is 0 Å². The van der Waals surface area contributed by atoms with E-state index in [9.17, 15) is 0 Å². The maximum absolute atomic E-state index is 4.35. The molecule has 20 heavy (non-hydrogen) atoms. The van der Waals surface area contributed by atoms with Crippen molar-refractivity contribution in [2.75, 3.05) is 0 Å². The lowest BCUT2D eigenvalue weighted by molar-refractivity contribution is 0.887. The molecule has 0 spiro atoms. The van der Waals surface area contributed by atoms with Gasteiger partial charge in [-0.25, -0.2) is 9.97 Å². The van der Waals surface area contributed by atoms with Gasteiger partial charge in [-0.05, 0) is 25.3 Å². The molecule has 4 heteroatoms. The molecule has 0 N–H and O–H groups in total. The van der Waals surface area contributed by atoms with Gasteiger partial charge in [-0.2, -0.15) is 0 Å². The summed E-state index contributed by atoms with van der Waals surface area (Å²) in [4.78, 5) is 16.8. The fraction of sp³-hybridized carbons (Fsp3) is 0.500. The largest absolute Gasteiger partial charge is 0.261 e. The molecule has 2 aromatic heterocycles. The van der Waals surface area contributed by atoms with Gasteiger partial charge in [0.15, 0.2) is 0 Å². The maximum Gasteiger partial charge on any atom is 0.128 e. The van der Waals surface area contributed by atoms with Gasteiger partial charge in [-0.15, -0.1) is 0 Å². The Labute approximate surface area is 121 Å². The highest BCUT2D eigenvalue weighted by Gasteiger charge is 1.93. The molecule has 108 valence electrons. The minimum atomic E-state index is 0.924. The molecule has 2 aromatic rings. The van der Waals surface area contributed by atoms with Gasteiger partial charge < -0.3 is 0 Å². The first-order chi connectivity index (χ1) is 9.73. The van der Waals surface area contributed by atoms with Crippen LogP contribution in [-0.2, 0) is 25.7 Å². The van der Waals surface area contributed by atoms with E-state index in [1.165, 1.54) is 0 Å². The zero-order valence-electron chi connectivity index (χ0n) is 12.9. The van der Waals surface area contributed by atoms with Crippen molar-refractivity contribution in [3.05, 3.63) is 47.6 Å². The quantitative estimate of drug-likeness (QED) is 0.857. The van der Waals surface area contributed by atoms with Crippen molar-refractivity contribution in [3.8, 4) is 0 Å². The summed E-state index contributed by atoms with van der Waals surface area (Å²) >= 11 is 0. The van der Waals surface area contributed by atoms with Crippen LogP contribution in [0.15, 0.2) is 24.7 Å². The van der Waals surface area contributed by atoms with Gasteiger partial charge in [0.25, 0.3) is 0 Å². The summed E-state index contributed by atoms with van der Waals surface area (Å²) in [5.74, 6) is 0.944. The average Bonchev–Trinajstić information content (AvgIpc) is 2.55. The summed E-state index contributed by atoms with van der Waals surface area (Å²) in [6, 6.07) is 1.96. The zero-order valence-corrected chi connectivity index (χ0v) is 12.9. The van der Waals surface area contributed by atoms with Crippen molar-refractivity contribution in [3.63, 3.8) is 0 Å². The van der Waals surface area contributed by atoms with Crippen LogP contribution in [0.4, 0.5) is 0 Å². The molecule has 0 bridgehead atoms. The Kier molecular flexibility index (Phi) is 7.40. The van der Waals surface area contributed by atoms with Crippen molar-refractivity contribution in [2.45, 2.75) is 53.4 Å². The number of rotatable bonds is 4. The minimum absolute atomic E-state index is 0.924. The molecule has 0 unspecified atom stereocenters. The monoisotopic (exact) mass is 272 g/mol. The number of hydrogen-bond donors (Lipinski definition) is 0. The summed E-state index contributed by atoms with van der Waals surface area (Å²) in [6.07, 6.45) is 9.33. The van der Waals surface area contributed by atoms with Gasteiger partial charge in [0.1, 0.15) is 5.82 Å². The first-order valence-corrected chi connectivity index (χ1v) is 7.33. The molecule has 0 aliphatic carbocycles. The molecule has 0 aliphatic heterocycles. The molecular weight excluding hydrogens is 248 g/mol. The van der Waals surface area contributed by atoms with Crippen LogP contribution in [0, 0.1) is 0 Å². The molecule has 4 nitrogen and oxygen atoms in total. The molecular formula is C16H24N4. The first-order valence-electron chi connectivity index (χ1n) is 7.33. The van der Waals surface area contributed by atoms with Crippen molar-refractivity contribution < 1.29 is 0 Å². The topological polar surface area (TPSA) is 51.6 Å². The van der Waals surface area contributed by atoms with Crippen molar-refractivity contribution >= 4 is 0 Å². The Balaban J connectivity index is 0.000000200. The van der Waals surface area contributed by atoms with Gasteiger partial charge >= 0.3 is 0 Å². The molecule has 0 saturated carbocycles. The smallest absolute Gasteiger partial charge is 0.128 e. The SMILES string of the molecule is CCc1ccnc(CC)n1.CCc1cncc(CC)n1. The van der Waals surface area contributed by atoms with Crippen molar-refractivity contribution in [1.82, 2.24) is 19.9 Å². The van der Waals surface area contributed by atoms with Gasteiger partial charge in [-0.3, -0.25) is 9.97 Å². The number of nitrogens with zero attached hydrogens (tertiary/aromatic N) is 4. The second-order valence-electron chi connectivity index (χ2n) is 4.38. The molecule has 0 atom stereocenters. The standard InChI is InChI=1S/2C8H12N2/c1-3-7-5-9-6-8(4-2)10-7;1-3-7-5-6-9-8(4-2)10-7/h2*5-6H,3-4H2,1-2H3. The number of hydrogen-bond acceptors (Lipinski definition) is 4. The van der Waals surface area contributed by atoms with Crippen LogP contribution in [0.3, 0.4) is 0 Å². The molecule has 0 amide bonds. The van der Waals surface area contributed by atoms with E-state index in [-0.39, 0.29) is 0 Å². The highest BCUT2D eigenvalue weighted by atomic mass is 14.9. The lowest BCUT2D eigenvalue weighted by Crippen LogP contribution is -1.95. The Morgan fingerprint density at radius 2 is 1.35 bits per heavy atom. The second kappa shape index (κ2) is 9.13. The minimum Gasteiger partial charge on any atom is -0.261 e. The summed E-state index contributed by atoms with van der Waals surface area (Å²) < 4.78 is 0. The van der Waals surface area contributed by atoms with Crippen LogP contribution in [-0.4, -0.2) is 19.9 Å². The average molecular weight is 272 g/mol.